The minimum absolute atomic E-state index is 0.0931. The molecule has 0 unspecified atom stereocenters. The average molecular weight is 200 g/mol. The fourth-order valence-corrected chi connectivity index (χ4v) is 1.60. The molecule has 0 aromatic heterocycles. The van der Waals surface area contributed by atoms with Crippen molar-refractivity contribution in [1.29, 1.82) is 0 Å². The van der Waals surface area contributed by atoms with Crippen molar-refractivity contribution in [2.75, 3.05) is 13.2 Å². The number of hydrogen-bond donors (Lipinski definition) is 1. The highest BCUT2D eigenvalue weighted by Crippen LogP contribution is 2.30. The fraction of sp³-hybridized carbons (Fsp3) is 0.400. The second-order valence-electron chi connectivity index (χ2n) is 3.49. The normalized spacial score (nSPS) is 26.8. The van der Waals surface area contributed by atoms with Gasteiger partial charge in [-0.2, -0.15) is 0 Å². The Kier molecular flexibility index (Phi) is 2.25. The molecule has 0 radical (unpaired) electrons. The highest BCUT2D eigenvalue weighted by atomic mass is 19.1. The lowest BCUT2D eigenvalue weighted by Crippen LogP contribution is -2.25. The van der Waals surface area contributed by atoms with Crippen LogP contribution in [0.4, 0.5) is 8.78 Å². The molecule has 1 aliphatic rings. The van der Waals surface area contributed by atoms with Crippen LogP contribution in [0.15, 0.2) is 18.2 Å². The van der Waals surface area contributed by atoms with E-state index in [1.54, 1.807) is 0 Å². The van der Waals surface area contributed by atoms with Crippen LogP contribution in [0.25, 0.3) is 0 Å². The van der Waals surface area contributed by atoms with Gasteiger partial charge in [-0.15, -0.1) is 0 Å². The van der Waals surface area contributed by atoms with Gasteiger partial charge < -0.3 is 9.84 Å². The summed E-state index contributed by atoms with van der Waals surface area (Å²) in [5, 5.41) is 9.95. The molecule has 4 heteroatoms. The predicted molar refractivity (Wildman–Crippen MR) is 45.7 cm³/mol. The number of benzene rings is 1. The van der Waals surface area contributed by atoms with E-state index in [1.165, 1.54) is 0 Å². The van der Waals surface area contributed by atoms with Crippen LogP contribution in [0.3, 0.4) is 0 Å². The maximum atomic E-state index is 12.9. The van der Waals surface area contributed by atoms with Crippen molar-refractivity contribution in [1.82, 2.24) is 0 Å². The molecule has 0 aliphatic carbocycles. The van der Waals surface area contributed by atoms with Crippen molar-refractivity contribution in [2.45, 2.75) is 12.0 Å². The summed E-state index contributed by atoms with van der Waals surface area (Å²) in [4.78, 5) is 0. The number of rotatable bonds is 1. The van der Waals surface area contributed by atoms with Gasteiger partial charge in [-0.3, -0.25) is 0 Å². The third-order valence-electron chi connectivity index (χ3n) is 2.40. The van der Waals surface area contributed by atoms with Crippen molar-refractivity contribution in [3.8, 4) is 0 Å². The molecule has 1 atom stereocenters. The van der Waals surface area contributed by atoms with Crippen molar-refractivity contribution in [3.63, 3.8) is 0 Å². The van der Waals surface area contributed by atoms with Crippen LogP contribution in [0.2, 0.25) is 0 Å². The van der Waals surface area contributed by atoms with E-state index in [9.17, 15) is 13.9 Å². The quantitative estimate of drug-likeness (QED) is 0.745. The summed E-state index contributed by atoms with van der Waals surface area (Å²) in [7, 11) is 0. The van der Waals surface area contributed by atoms with Gasteiger partial charge in [0, 0.05) is 19.1 Å². The van der Waals surface area contributed by atoms with Crippen LogP contribution in [-0.4, -0.2) is 18.3 Å². The second-order valence-corrected chi connectivity index (χ2v) is 3.49. The van der Waals surface area contributed by atoms with E-state index < -0.39 is 17.2 Å². The average Bonchev–Trinajstić information content (AvgIpc) is 2.52. The van der Waals surface area contributed by atoms with E-state index in [0.29, 0.717) is 13.0 Å². The highest BCUT2D eigenvalue weighted by molar-refractivity contribution is 5.25. The Morgan fingerprint density at radius 2 is 1.86 bits per heavy atom. The highest BCUT2D eigenvalue weighted by Gasteiger charge is 2.34. The first-order valence-corrected chi connectivity index (χ1v) is 4.37. The minimum atomic E-state index is -1.23. The molecule has 2 rings (SSSR count). The minimum Gasteiger partial charge on any atom is -0.383 e. The number of hydrogen-bond acceptors (Lipinski definition) is 2. The lowest BCUT2D eigenvalue weighted by atomic mass is 9.93. The Hall–Kier alpha value is -1.00. The molecule has 0 saturated carbocycles. The van der Waals surface area contributed by atoms with Crippen molar-refractivity contribution >= 4 is 0 Å². The standard InChI is InChI=1S/C10H10F2O2/c11-8-3-7(4-9(12)5-8)10(13)1-2-14-6-10/h3-5,13H,1-2,6H2/t10-/m0/s1. The summed E-state index contributed by atoms with van der Waals surface area (Å²) in [6, 6.07) is 3.05. The van der Waals surface area contributed by atoms with Crippen LogP contribution < -0.4 is 0 Å². The zero-order chi connectivity index (χ0) is 10.2. The largest absolute Gasteiger partial charge is 0.383 e. The second kappa shape index (κ2) is 3.29. The van der Waals surface area contributed by atoms with Crippen molar-refractivity contribution in [3.05, 3.63) is 35.4 Å². The van der Waals surface area contributed by atoms with Gasteiger partial charge in [-0.25, -0.2) is 8.78 Å². The van der Waals surface area contributed by atoms with Crippen molar-refractivity contribution < 1.29 is 18.6 Å². The summed E-state index contributed by atoms with van der Waals surface area (Å²) < 4.78 is 30.7. The van der Waals surface area contributed by atoms with Crippen molar-refractivity contribution in [2.24, 2.45) is 0 Å². The molecular formula is C10H10F2O2. The monoisotopic (exact) mass is 200 g/mol. The van der Waals surface area contributed by atoms with Gasteiger partial charge >= 0.3 is 0 Å². The van der Waals surface area contributed by atoms with Gasteiger partial charge in [0.15, 0.2) is 0 Å². The zero-order valence-corrected chi connectivity index (χ0v) is 7.46. The van der Waals surface area contributed by atoms with E-state index in [0.717, 1.165) is 18.2 Å². The molecule has 2 nitrogen and oxygen atoms in total. The van der Waals surface area contributed by atoms with Crippen LogP contribution in [0.1, 0.15) is 12.0 Å². The first-order valence-electron chi connectivity index (χ1n) is 4.37. The predicted octanol–water partition coefficient (Wildman–Crippen LogP) is 1.57. The molecule has 1 fully saturated rings. The zero-order valence-electron chi connectivity index (χ0n) is 7.46. The molecule has 1 saturated heterocycles. The summed E-state index contributed by atoms with van der Waals surface area (Å²) in [6.07, 6.45) is 0.371. The Bertz CT molecular complexity index is 326. The van der Waals surface area contributed by atoms with E-state index in [-0.39, 0.29) is 12.2 Å². The van der Waals surface area contributed by atoms with Gasteiger partial charge in [-0.1, -0.05) is 0 Å². The number of aliphatic hydroxyl groups is 1. The van der Waals surface area contributed by atoms with Crippen LogP contribution in [0.5, 0.6) is 0 Å². The molecule has 0 spiro atoms. The molecule has 1 aromatic rings. The van der Waals surface area contributed by atoms with Gasteiger partial charge in [0.25, 0.3) is 0 Å². The lowest BCUT2D eigenvalue weighted by molar-refractivity contribution is 0.0227. The smallest absolute Gasteiger partial charge is 0.126 e. The summed E-state index contributed by atoms with van der Waals surface area (Å²) in [6.45, 7) is 0.504. The molecule has 1 aliphatic heterocycles. The van der Waals surface area contributed by atoms with Gasteiger partial charge in [0.2, 0.25) is 0 Å². The van der Waals surface area contributed by atoms with Crippen LogP contribution in [-0.2, 0) is 10.3 Å². The summed E-state index contributed by atoms with van der Waals surface area (Å²) in [5.74, 6) is -1.36. The van der Waals surface area contributed by atoms with E-state index in [4.69, 9.17) is 4.74 Å². The third kappa shape index (κ3) is 1.63. The summed E-state index contributed by atoms with van der Waals surface area (Å²) in [5.41, 5.74) is -0.990. The Morgan fingerprint density at radius 3 is 2.36 bits per heavy atom. The van der Waals surface area contributed by atoms with Gasteiger partial charge in [0.1, 0.15) is 17.2 Å². The molecule has 0 amide bonds. The molecule has 0 bridgehead atoms. The molecular weight excluding hydrogens is 190 g/mol. The first-order chi connectivity index (χ1) is 6.60. The molecule has 1 heterocycles. The van der Waals surface area contributed by atoms with Crippen LogP contribution in [0, 0.1) is 11.6 Å². The Labute approximate surface area is 80.1 Å². The maximum absolute atomic E-state index is 12.9. The van der Waals surface area contributed by atoms with Crippen LogP contribution >= 0.6 is 0 Å². The lowest BCUT2D eigenvalue weighted by Gasteiger charge is -2.20. The van der Waals surface area contributed by atoms with E-state index in [2.05, 4.69) is 0 Å². The van der Waals surface area contributed by atoms with E-state index in [1.807, 2.05) is 0 Å². The topological polar surface area (TPSA) is 29.5 Å². The van der Waals surface area contributed by atoms with E-state index >= 15 is 0 Å². The number of halogens is 2. The molecule has 14 heavy (non-hydrogen) atoms. The number of ether oxygens (including phenoxy) is 1. The third-order valence-corrected chi connectivity index (χ3v) is 2.40. The first kappa shape index (κ1) is 9.55. The van der Waals surface area contributed by atoms with Gasteiger partial charge in [0.05, 0.1) is 6.61 Å². The maximum Gasteiger partial charge on any atom is 0.126 e. The SMILES string of the molecule is O[C@@]1(c2cc(F)cc(F)c2)CCOC1. The Balaban J connectivity index is 2.40. The molecule has 1 aromatic carbocycles. The fourth-order valence-electron chi connectivity index (χ4n) is 1.60. The molecule has 76 valence electrons. The summed E-state index contributed by atoms with van der Waals surface area (Å²) >= 11 is 0. The Morgan fingerprint density at radius 1 is 1.21 bits per heavy atom. The van der Waals surface area contributed by atoms with Gasteiger partial charge in [-0.05, 0) is 17.7 Å². The molecule has 1 N–H and O–H groups in total.